The number of aromatic nitrogens is 1. The number of hydrazone groups is 1. The van der Waals surface area contributed by atoms with E-state index in [1.807, 2.05) is 13.0 Å². The van der Waals surface area contributed by atoms with Crippen LogP contribution in [0.25, 0.3) is 0 Å². The average molecular weight is 355 g/mol. The SMILES string of the molecule is Cc1ccc(NC(=O)NCC(=O)N/N=C/c2ccc3c(c2)OCO3)nc1. The fraction of sp³-hybridized carbons (Fsp3) is 0.176. The molecule has 0 aliphatic carbocycles. The van der Waals surface area contributed by atoms with E-state index < -0.39 is 11.9 Å². The number of rotatable bonds is 5. The predicted octanol–water partition coefficient (Wildman–Crippen LogP) is 1.39. The second-order valence-electron chi connectivity index (χ2n) is 5.43. The van der Waals surface area contributed by atoms with Crippen LogP contribution in [0, 0.1) is 6.92 Å². The number of urea groups is 1. The van der Waals surface area contributed by atoms with Crippen molar-refractivity contribution in [2.24, 2.45) is 5.10 Å². The summed E-state index contributed by atoms with van der Waals surface area (Å²) in [4.78, 5) is 27.4. The van der Waals surface area contributed by atoms with Gasteiger partial charge in [-0.05, 0) is 42.3 Å². The normalized spacial score (nSPS) is 12.0. The van der Waals surface area contributed by atoms with Crippen LogP contribution in [0.4, 0.5) is 10.6 Å². The van der Waals surface area contributed by atoms with Gasteiger partial charge in [-0.3, -0.25) is 10.1 Å². The molecule has 3 N–H and O–H groups in total. The van der Waals surface area contributed by atoms with Gasteiger partial charge in [0.05, 0.1) is 6.21 Å². The third kappa shape index (κ3) is 4.69. The van der Waals surface area contributed by atoms with Crippen molar-refractivity contribution in [1.82, 2.24) is 15.7 Å². The van der Waals surface area contributed by atoms with E-state index in [-0.39, 0.29) is 13.3 Å². The fourth-order valence-electron chi connectivity index (χ4n) is 2.07. The molecule has 0 spiro atoms. The minimum absolute atomic E-state index is 0.193. The molecule has 1 aromatic carbocycles. The second-order valence-corrected chi connectivity index (χ2v) is 5.43. The molecule has 2 heterocycles. The first kappa shape index (κ1) is 17.2. The number of hydrogen-bond acceptors (Lipinski definition) is 6. The van der Waals surface area contributed by atoms with Crippen LogP contribution in [0.2, 0.25) is 0 Å². The highest BCUT2D eigenvalue weighted by Gasteiger charge is 2.12. The number of ether oxygens (including phenoxy) is 2. The Labute approximate surface area is 149 Å². The lowest BCUT2D eigenvalue weighted by Gasteiger charge is -2.06. The number of fused-ring (bicyclic) bond motifs is 1. The minimum Gasteiger partial charge on any atom is -0.454 e. The topological polar surface area (TPSA) is 114 Å². The Balaban J connectivity index is 1.41. The van der Waals surface area contributed by atoms with Crippen molar-refractivity contribution in [3.63, 3.8) is 0 Å². The summed E-state index contributed by atoms with van der Waals surface area (Å²) in [6.07, 6.45) is 3.10. The summed E-state index contributed by atoms with van der Waals surface area (Å²) >= 11 is 0. The molecule has 1 aliphatic rings. The van der Waals surface area contributed by atoms with Crippen LogP contribution in [0.3, 0.4) is 0 Å². The van der Waals surface area contributed by atoms with E-state index in [0.29, 0.717) is 17.3 Å². The van der Waals surface area contributed by atoms with Crippen molar-refractivity contribution in [3.05, 3.63) is 47.7 Å². The van der Waals surface area contributed by atoms with Gasteiger partial charge in [0.1, 0.15) is 12.4 Å². The van der Waals surface area contributed by atoms with Gasteiger partial charge in [0.15, 0.2) is 11.5 Å². The summed E-state index contributed by atoms with van der Waals surface area (Å²) in [6, 6.07) is 8.25. The molecule has 1 aliphatic heterocycles. The number of benzene rings is 1. The van der Waals surface area contributed by atoms with E-state index in [1.165, 1.54) is 6.21 Å². The fourth-order valence-corrected chi connectivity index (χ4v) is 2.07. The summed E-state index contributed by atoms with van der Waals surface area (Å²) < 4.78 is 10.5. The van der Waals surface area contributed by atoms with Crippen LogP contribution in [0.5, 0.6) is 11.5 Å². The summed E-state index contributed by atoms with van der Waals surface area (Å²) in [7, 11) is 0. The number of carbonyl (C=O) groups excluding carboxylic acids is 2. The molecule has 0 atom stereocenters. The lowest BCUT2D eigenvalue weighted by Crippen LogP contribution is -2.37. The number of pyridine rings is 1. The molecular weight excluding hydrogens is 338 g/mol. The van der Waals surface area contributed by atoms with Crippen molar-refractivity contribution < 1.29 is 19.1 Å². The summed E-state index contributed by atoms with van der Waals surface area (Å²) in [6.45, 7) is 1.86. The molecule has 0 radical (unpaired) electrons. The first-order valence-electron chi connectivity index (χ1n) is 7.79. The number of hydrogen-bond donors (Lipinski definition) is 3. The van der Waals surface area contributed by atoms with Crippen LogP contribution < -0.4 is 25.5 Å². The highest BCUT2D eigenvalue weighted by atomic mass is 16.7. The number of carbonyl (C=O) groups is 2. The third-order valence-corrected chi connectivity index (χ3v) is 3.36. The predicted molar refractivity (Wildman–Crippen MR) is 94.3 cm³/mol. The van der Waals surface area contributed by atoms with Gasteiger partial charge in [-0.2, -0.15) is 5.10 Å². The molecule has 0 fully saturated rings. The van der Waals surface area contributed by atoms with Crippen LogP contribution >= 0.6 is 0 Å². The molecule has 9 nitrogen and oxygen atoms in total. The van der Waals surface area contributed by atoms with Crippen LogP contribution in [-0.4, -0.2) is 36.5 Å². The highest BCUT2D eigenvalue weighted by molar-refractivity contribution is 5.91. The van der Waals surface area contributed by atoms with Gasteiger partial charge in [-0.25, -0.2) is 15.2 Å². The Bertz CT molecular complexity index is 836. The van der Waals surface area contributed by atoms with Gasteiger partial charge >= 0.3 is 6.03 Å². The number of amides is 3. The van der Waals surface area contributed by atoms with Crippen LogP contribution in [0.15, 0.2) is 41.6 Å². The standard InChI is InChI=1S/C17H17N5O4/c1-11-2-5-15(18-7-11)21-17(24)19-9-16(23)22-20-8-12-3-4-13-14(6-12)26-10-25-13/h2-8H,9-10H2,1H3,(H,22,23)(H2,18,19,21,24)/b20-8+. The van der Waals surface area contributed by atoms with Crippen LogP contribution in [0.1, 0.15) is 11.1 Å². The molecule has 9 heteroatoms. The molecule has 0 saturated carbocycles. The summed E-state index contributed by atoms with van der Waals surface area (Å²) in [5.41, 5.74) is 4.05. The summed E-state index contributed by atoms with van der Waals surface area (Å²) in [5, 5.41) is 8.77. The second kappa shape index (κ2) is 7.97. The average Bonchev–Trinajstić information content (AvgIpc) is 3.10. The molecule has 26 heavy (non-hydrogen) atoms. The Hall–Kier alpha value is -3.62. The first-order valence-corrected chi connectivity index (χ1v) is 7.79. The lowest BCUT2D eigenvalue weighted by molar-refractivity contribution is -0.120. The zero-order chi connectivity index (χ0) is 18.4. The van der Waals surface area contributed by atoms with Crippen molar-refractivity contribution in [2.75, 3.05) is 18.7 Å². The number of nitrogens with zero attached hydrogens (tertiary/aromatic N) is 2. The molecule has 3 amide bonds. The smallest absolute Gasteiger partial charge is 0.320 e. The third-order valence-electron chi connectivity index (χ3n) is 3.36. The van der Waals surface area contributed by atoms with Crippen molar-refractivity contribution in [3.8, 4) is 11.5 Å². The Kier molecular flexibility index (Phi) is 5.28. The molecule has 1 aromatic heterocycles. The summed E-state index contributed by atoms with van der Waals surface area (Å²) in [5.74, 6) is 1.23. The molecule has 134 valence electrons. The number of aryl methyl sites for hydroxylation is 1. The van der Waals surface area contributed by atoms with Gasteiger partial charge < -0.3 is 14.8 Å². The van der Waals surface area contributed by atoms with Gasteiger partial charge in [0.2, 0.25) is 6.79 Å². The Morgan fingerprint density at radius 1 is 1.23 bits per heavy atom. The molecule has 3 rings (SSSR count). The van der Waals surface area contributed by atoms with Crippen molar-refractivity contribution >= 4 is 24.0 Å². The zero-order valence-electron chi connectivity index (χ0n) is 14.0. The Morgan fingerprint density at radius 3 is 2.88 bits per heavy atom. The molecule has 0 unspecified atom stereocenters. The van der Waals surface area contributed by atoms with Crippen LogP contribution in [-0.2, 0) is 4.79 Å². The number of nitrogens with one attached hydrogen (secondary N) is 3. The maximum atomic E-state index is 11.7. The molecule has 2 aromatic rings. The Morgan fingerprint density at radius 2 is 2.08 bits per heavy atom. The zero-order valence-corrected chi connectivity index (χ0v) is 14.0. The molecule has 0 saturated heterocycles. The maximum absolute atomic E-state index is 11.7. The van der Waals surface area contributed by atoms with Gasteiger partial charge in [-0.15, -0.1) is 0 Å². The molecular formula is C17H17N5O4. The number of anilines is 1. The van der Waals surface area contributed by atoms with E-state index >= 15 is 0 Å². The first-order chi connectivity index (χ1) is 12.6. The maximum Gasteiger partial charge on any atom is 0.320 e. The quantitative estimate of drug-likeness (QED) is 0.554. The van der Waals surface area contributed by atoms with Crippen molar-refractivity contribution in [2.45, 2.75) is 6.92 Å². The van der Waals surface area contributed by atoms with E-state index in [9.17, 15) is 9.59 Å². The van der Waals surface area contributed by atoms with E-state index in [0.717, 1.165) is 11.1 Å². The van der Waals surface area contributed by atoms with E-state index in [4.69, 9.17) is 9.47 Å². The van der Waals surface area contributed by atoms with Crippen molar-refractivity contribution in [1.29, 1.82) is 0 Å². The van der Waals surface area contributed by atoms with E-state index in [1.54, 1.807) is 30.5 Å². The van der Waals surface area contributed by atoms with Gasteiger partial charge in [-0.1, -0.05) is 6.07 Å². The van der Waals surface area contributed by atoms with Gasteiger partial charge in [0, 0.05) is 6.20 Å². The largest absolute Gasteiger partial charge is 0.454 e. The lowest BCUT2D eigenvalue weighted by atomic mass is 10.2. The highest BCUT2D eigenvalue weighted by Crippen LogP contribution is 2.31. The minimum atomic E-state index is -0.531. The molecule has 0 bridgehead atoms. The monoisotopic (exact) mass is 355 g/mol. The van der Waals surface area contributed by atoms with E-state index in [2.05, 4.69) is 26.1 Å². The van der Waals surface area contributed by atoms with Gasteiger partial charge in [0.25, 0.3) is 5.91 Å².